The first-order valence-electron chi connectivity index (χ1n) is 6.22. The number of carbonyl (C=O) groups is 2. The average Bonchev–Trinajstić information content (AvgIpc) is 2.36. The van der Waals surface area contributed by atoms with Crippen LogP contribution in [0.2, 0.25) is 0 Å². The van der Waals surface area contributed by atoms with E-state index < -0.39 is 11.9 Å². The van der Waals surface area contributed by atoms with Gasteiger partial charge in [-0.1, -0.05) is 0 Å². The van der Waals surface area contributed by atoms with Gasteiger partial charge in [0.1, 0.15) is 5.69 Å². The molecule has 1 aromatic heterocycles. The monoisotopic (exact) mass is 264 g/mol. The van der Waals surface area contributed by atoms with Crippen molar-refractivity contribution in [2.75, 3.05) is 6.61 Å². The average molecular weight is 264 g/mol. The highest BCUT2D eigenvalue weighted by atomic mass is 16.5. The van der Waals surface area contributed by atoms with E-state index in [1.807, 2.05) is 6.92 Å². The number of carboxylic acid groups (broad SMARTS) is 1. The summed E-state index contributed by atoms with van der Waals surface area (Å²) in [6, 6.07) is 2.90. The molecule has 0 bridgehead atoms. The number of pyridine rings is 1. The van der Waals surface area contributed by atoms with E-state index in [0.717, 1.165) is 12.8 Å². The largest absolute Gasteiger partial charge is 0.478 e. The summed E-state index contributed by atoms with van der Waals surface area (Å²) in [5.41, 5.74) is -0.129. The molecule has 1 amide bonds. The summed E-state index contributed by atoms with van der Waals surface area (Å²) in [5.74, 6) is -1.60. The molecule has 102 valence electrons. The fraction of sp³-hybridized carbons (Fsp3) is 0.462. The Bertz CT molecular complexity index is 483. The van der Waals surface area contributed by atoms with Crippen LogP contribution in [-0.4, -0.2) is 40.7 Å². The summed E-state index contributed by atoms with van der Waals surface area (Å²) in [7, 11) is 0. The molecule has 1 aliphatic carbocycles. The molecular formula is C13H16N2O4. The van der Waals surface area contributed by atoms with E-state index in [2.05, 4.69) is 10.3 Å². The van der Waals surface area contributed by atoms with Crippen LogP contribution in [0.25, 0.3) is 0 Å². The van der Waals surface area contributed by atoms with Gasteiger partial charge in [-0.2, -0.15) is 0 Å². The number of aromatic carboxylic acids is 1. The van der Waals surface area contributed by atoms with Gasteiger partial charge in [0.15, 0.2) is 0 Å². The summed E-state index contributed by atoms with van der Waals surface area (Å²) < 4.78 is 5.40. The fourth-order valence-corrected chi connectivity index (χ4v) is 2.07. The number of hydrogen-bond acceptors (Lipinski definition) is 4. The van der Waals surface area contributed by atoms with Crippen molar-refractivity contribution < 1.29 is 19.4 Å². The van der Waals surface area contributed by atoms with Crippen molar-refractivity contribution in [1.82, 2.24) is 10.3 Å². The van der Waals surface area contributed by atoms with E-state index in [4.69, 9.17) is 9.84 Å². The molecule has 0 radical (unpaired) electrons. The van der Waals surface area contributed by atoms with E-state index in [-0.39, 0.29) is 23.4 Å². The smallest absolute Gasteiger partial charge is 0.338 e. The Labute approximate surface area is 110 Å². The molecule has 2 N–H and O–H groups in total. The minimum atomic E-state index is -1.15. The Hall–Kier alpha value is -1.95. The second-order valence-corrected chi connectivity index (χ2v) is 4.42. The molecule has 0 saturated heterocycles. The van der Waals surface area contributed by atoms with Crippen LogP contribution in [-0.2, 0) is 4.74 Å². The molecule has 0 spiro atoms. The van der Waals surface area contributed by atoms with E-state index in [1.165, 1.54) is 18.3 Å². The van der Waals surface area contributed by atoms with Gasteiger partial charge >= 0.3 is 5.97 Å². The zero-order valence-corrected chi connectivity index (χ0v) is 10.6. The molecule has 2 rings (SSSR count). The van der Waals surface area contributed by atoms with Gasteiger partial charge in [-0.3, -0.25) is 9.78 Å². The first kappa shape index (κ1) is 13.5. The van der Waals surface area contributed by atoms with E-state index in [9.17, 15) is 9.59 Å². The normalized spacial score (nSPS) is 21.5. The molecule has 0 unspecified atom stereocenters. The molecule has 6 nitrogen and oxygen atoms in total. The summed E-state index contributed by atoms with van der Waals surface area (Å²) in [5, 5.41) is 11.8. The Morgan fingerprint density at radius 3 is 2.89 bits per heavy atom. The molecule has 19 heavy (non-hydrogen) atoms. The topological polar surface area (TPSA) is 88.5 Å². The van der Waals surface area contributed by atoms with Crippen molar-refractivity contribution in [2.24, 2.45) is 0 Å². The van der Waals surface area contributed by atoms with Crippen LogP contribution in [0.3, 0.4) is 0 Å². The van der Waals surface area contributed by atoms with E-state index in [1.54, 1.807) is 0 Å². The summed E-state index contributed by atoms with van der Waals surface area (Å²) in [6.45, 7) is 2.59. The molecular weight excluding hydrogens is 248 g/mol. The Morgan fingerprint density at radius 1 is 1.53 bits per heavy atom. The van der Waals surface area contributed by atoms with Crippen molar-refractivity contribution in [2.45, 2.75) is 31.9 Å². The number of carbonyl (C=O) groups excluding carboxylic acids is 1. The van der Waals surface area contributed by atoms with Crippen LogP contribution >= 0.6 is 0 Å². The lowest BCUT2D eigenvalue weighted by molar-refractivity contribution is -0.00870. The summed E-state index contributed by atoms with van der Waals surface area (Å²) in [6.07, 6.45) is 3.12. The zero-order chi connectivity index (χ0) is 13.8. The van der Waals surface area contributed by atoms with E-state index in [0.29, 0.717) is 6.61 Å². The number of carboxylic acids is 1. The molecule has 1 fully saturated rings. The van der Waals surface area contributed by atoms with Gasteiger partial charge in [-0.15, -0.1) is 0 Å². The highest BCUT2D eigenvalue weighted by Crippen LogP contribution is 2.23. The highest BCUT2D eigenvalue weighted by Gasteiger charge is 2.31. The van der Waals surface area contributed by atoms with Crippen molar-refractivity contribution in [3.8, 4) is 0 Å². The lowest BCUT2D eigenvalue weighted by Crippen LogP contribution is -2.48. The van der Waals surface area contributed by atoms with Crippen LogP contribution < -0.4 is 5.32 Å². The van der Waals surface area contributed by atoms with Crippen LogP contribution in [0.1, 0.15) is 40.6 Å². The number of nitrogens with zero attached hydrogens (tertiary/aromatic N) is 1. The fourth-order valence-electron chi connectivity index (χ4n) is 2.07. The van der Waals surface area contributed by atoms with Crippen LogP contribution in [0, 0.1) is 0 Å². The number of amides is 1. The predicted molar refractivity (Wildman–Crippen MR) is 67.1 cm³/mol. The third-order valence-electron chi connectivity index (χ3n) is 3.09. The third-order valence-corrected chi connectivity index (χ3v) is 3.09. The Balaban J connectivity index is 1.96. The van der Waals surface area contributed by atoms with Gasteiger partial charge in [-0.05, 0) is 31.9 Å². The van der Waals surface area contributed by atoms with Crippen molar-refractivity contribution in [1.29, 1.82) is 0 Å². The molecule has 1 heterocycles. The minimum absolute atomic E-state index is 0.0349. The first-order chi connectivity index (χ1) is 9.11. The number of ether oxygens (including phenoxy) is 1. The molecule has 6 heteroatoms. The van der Waals surface area contributed by atoms with Crippen molar-refractivity contribution >= 4 is 11.9 Å². The van der Waals surface area contributed by atoms with Gasteiger partial charge in [-0.25, -0.2) is 4.79 Å². The minimum Gasteiger partial charge on any atom is -0.478 e. The number of hydrogen-bond donors (Lipinski definition) is 2. The molecule has 0 aromatic carbocycles. The molecule has 0 aliphatic heterocycles. The SMILES string of the molecule is CCOC1CC(NC(=O)c2ncccc2C(=O)O)C1. The third kappa shape index (κ3) is 3.08. The highest BCUT2D eigenvalue weighted by molar-refractivity contribution is 6.03. The summed E-state index contributed by atoms with van der Waals surface area (Å²) >= 11 is 0. The van der Waals surface area contributed by atoms with Crippen LogP contribution in [0.15, 0.2) is 18.3 Å². The molecule has 1 aromatic rings. The maximum atomic E-state index is 12.0. The van der Waals surface area contributed by atoms with Gasteiger partial charge in [0.05, 0.1) is 11.7 Å². The van der Waals surface area contributed by atoms with Crippen LogP contribution in [0.4, 0.5) is 0 Å². The van der Waals surface area contributed by atoms with Gasteiger partial charge in [0.2, 0.25) is 0 Å². The number of aromatic nitrogens is 1. The van der Waals surface area contributed by atoms with Crippen molar-refractivity contribution in [3.63, 3.8) is 0 Å². The lowest BCUT2D eigenvalue weighted by Gasteiger charge is -2.35. The second kappa shape index (κ2) is 5.79. The maximum Gasteiger partial charge on any atom is 0.338 e. The van der Waals surface area contributed by atoms with E-state index >= 15 is 0 Å². The first-order valence-corrected chi connectivity index (χ1v) is 6.22. The Kier molecular flexibility index (Phi) is 4.11. The number of rotatable bonds is 5. The van der Waals surface area contributed by atoms with Gasteiger partial charge in [0, 0.05) is 18.8 Å². The molecule has 0 atom stereocenters. The van der Waals surface area contributed by atoms with Gasteiger partial charge < -0.3 is 15.2 Å². The molecule has 1 saturated carbocycles. The quantitative estimate of drug-likeness (QED) is 0.830. The lowest BCUT2D eigenvalue weighted by atomic mass is 9.89. The van der Waals surface area contributed by atoms with Gasteiger partial charge in [0.25, 0.3) is 5.91 Å². The number of nitrogens with one attached hydrogen (secondary N) is 1. The Morgan fingerprint density at radius 2 is 2.26 bits per heavy atom. The summed E-state index contributed by atoms with van der Waals surface area (Å²) in [4.78, 5) is 26.8. The standard InChI is InChI=1S/C13H16N2O4/c1-2-19-9-6-8(7-9)15-12(16)11-10(13(17)18)4-3-5-14-11/h3-5,8-9H,2,6-7H2,1H3,(H,15,16)(H,17,18). The van der Waals surface area contributed by atoms with Crippen LogP contribution in [0.5, 0.6) is 0 Å². The predicted octanol–water partition coefficient (Wildman–Crippen LogP) is 1.08. The second-order valence-electron chi connectivity index (χ2n) is 4.42. The maximum absolute atomic E-state index is 12.0. The van der Waals surface area contributed by atoms with Crippen molar-refractivity contribution in [3.05, 3.63) is 29.6 Å². The zero-order valence-electron chi connectivity index (χ0n) is 10.6. The molecule has 1 aliphatic rings.